The van der Waals surface area contributed by atoms with Gasteiger partial charge in [-0.25, -0.2) is 0 Å². The van der Waals surface area contributed by atoms with Gasteiger partial charge in [0.05, 0.1) is 0 Å². The Hall–Kier alpha value is -0.240. The van der Waals surface area contributed by atoms with Crippen LogP contribution in [0.1, 0.15) is 45.2 Å². The molecule has 0 aliphatic rings. The molecule has 1 N–H and O–H groups in total. The molecule has 1 nitrogen and oxygen atoms in total. The first kappa shape index (κ1) is 14.8. The Morgan fingerprint density at radius 2 is 1.76 bits per heavy atom. The van der Waals surface area contributed by atoms with Gasteiger partial charge in [0.15, 0.2) is 0 Å². The highest BCUT2D eigenvalue weighted by Gasteiger charge is 2.18. The Kier molecular flexibility index (Phi) is 6.32. The maximum absolute atomic E-state index is 6.26. The average molecular weight is 274 g/mol. The Bertz CT molecular complexity index is 332. The minimum Gasteiger partial charge on any atom is -0.310 e. The van der Waals surface area contributed by atoms with Gasteiger partial charge in [-0.1, -0.05) is 56.5 Å². The van der Waals surface area contributed by atoms with Crippen LogP contribution in [0.4, 0.5) is 0 Å². The zero-order chi connectivity index (χ0) is 12.8. The van der Waals surface area contributed by atoms with Gasteiger partial charge in [-0.2, -0.15) is 0 Å². The van der Waals surface area contributed by atoms with Crippen molar-refractivity contribution in [3.8, 4) is 0 Å². The molecule has 17 heavy (non-hydrogen) atoms. The van der Waals surface area contributed by atoms with E-state index in [-0.39, 0.29) is 6.04 Å². The van der Waals surface area contributed by atoms with Crippen molar-refractivity contribution in [3.63, 3.8) is 0 Å². The topological polar surface area (TPSA) is 12.0 Å². The van der Waals surface area contributed by atoms with Crippen molar-refractivity contribution in [3.05, 3.63) is 33.8 Å². The summed E-state index contributed by atoms with van der Waals surface area (Å²) in [5.41, 5.74) is 1.04. The van der Waals surface area contributed by atoms with Crippen molar-refractivity contribution in [2.45, 2.75) is 39.7 Å². The molecule has 0 spiro atoms. The van der Waals surface area contributed by atoms with Crippen molar-refractivity contribution in [1.82, 2.24) is 5.32 Å². The third-order valence-corrected chi connectivity index (χ3v) is 3.79. The summed E-state index contributed by atoms with van der Waals surface area (Å²) in [7, 11) is 0. The van der Waals surface area contributed by atoms with Gasteiger partial charge in [0.2, 0.25) is 0 Å². The molecule has 1 aromatic carbocycles. The van der Waals surface area contributed by atoms with Crippen LogP contribution in [0.15, 0.2) is 18.2 Å². The van der Waals surface area contributed by atoms with Crippen LogP contribution in [-0.2, 0) is 0 Å². The van der Waals surface area contributed by atoms with Crippen LogP contribution in [-0.4, -0.2) is 6.54 Å². The molecule has 3 heteroatoms. The van der Waals surface area contributed by atoms with Gasteiger partial charge in [0, 0.05) is 21.7 Å². The lowest BCUT2D eigenvalue weighted by atomic mass is 9.94. The SMILES string of the molecule is CCNC(CC(C)CC)c1c(Cl)cccc1Cl. The van der Waals surface area contributed by atoms with Crippen LogP contribution in [0.3, 0.4) is 0 Å². The van der Waals surface area contributed by atoms with Crippen LogP contribution in [0.2, 0.25) is 10.0 Å². The predicted molar refractivity (Wildman–Crippen MR) is 77.0 cm³/mol. The molecule has 0 bridgehead atoms. The molecular weight excluding hydrogens is 253 g/mol. The summed E-state index contributed by atoms with van der Waals surface area (Å²) < 4.78 is 0. The number of hydrogen-bond donors (Lipinski definition) is 1. The molecule has 0 aliphatic carbocycles. The standard InChI is InChI=1S/C14H21Cl2N/c1-4-10(3)9-13(17-5-2)14-11(15)7-6-8-12(14)16/h6-8,10,13,17H,4-5,9H2,1-3H3. The molecule has 1 rings (SSSR count). The summed E-state index contributed by atoms with van der Waals surface area (Å²) in [5, 5.41) is 4.99. The Balaban J connectivity index is 2.96. The fraction of sp³-hybridized carbons (Fsp3) is 0.571. The number of halogens is 2. The van der Waals surface area contributed by atoms with Gasteiger partial charge in [0.25, 0.3) is 0 Å². The van der Waals surface area contributed by atoms with E-state index in [9.17, 15) is 0 Å². The Morgan fingerprint density at radius 3 is 2.24 bits per heavy atom. The van der Waals surface area contributed by atoms with Crippen molar-refractivity contribution in [2.24, 2.45) is 5.92 Å². The van der Waals surface area contributed by atoms with Crippen LogP contribution >= 0.6 is 23.2 Å². The summed E-state index contributed by atoms with van der Waals surface area (Å²) in [4.78, 5) is 0. The van der Waals surface area contributed by atoms with Gasteiger partial charge in [0.1, 0.15) is 0 Å². The molecule has 96 valence electrons. The second kappa shape index (κ2) is 7.25. The van der Waals surface area contributed by atoms with Crippen molar-refractivity contribution >= 4 is 23.2 Å². The number of hydrogen-bond acceptors (Lipinski definition) is 1. The molecule has 2 unspecified atom stereocenters. The summed E-state index contributed by atoms with van der Waals surface area (Å²) in [6.45, 7) is 7.49. The molecule has 0 aromatic heterocycles. The molecule has 1 aromatic rings. The molecule has 0 saturated carbocycles. The van der Waals surface area contributed by atoms with Gasteiger partial charge < -0.3 is 5.32 Å². The Morgan fingerprint density at radius 1 is 1.18 bits per heavy atom. The highest BCUT2D eigenvalue weighted by atomic mass is 35.5. The minimum absolute atomic E-state index is 0.246. The molecule has 0 fully saturated rings. The van der Waals surface area contributed by atoms with Gasteiger partial charge in [-0.15, -0.1) is 0 Å². The van der Waals surface area contributed by atoms with E-state index in [1.165, 1.54) is 6.42 Å². The highest BCUT2D eigenvalue weighted by molar-refractivity contribution is 6.36. The average Bonchev–Trinajstić information content (AvgIpc) is 2.28. The molecule has 0 heterocycles. The lowest BCUT2D eigenvalue weighted by Crippen LogP contribution is -2.23. The fourth-order valence-electron chi connectivity index (χ4n) is 1.96. The van der Waals surface area contributed by atoms with Gasteiger partial charge in [-0.3, -0.25) is 0 Å². The first-order valence-corrected chi connectivity index (χ1v) is 7.03. The van der Waals surface area contributed by atoms with Crippen molar-refractivity contribution in [2.75, 3.05) is 6.54 Å². The summed E-state index contributed by atoms with van der Waals surface area (Å²) in [6, 6.07) is 5.95. The molecular formula is C14H21Cl2N. The molecule has 0 radical (unpaired) electrons. The molecule has 0 aliphatic heterocycles. The molecule has 2 atom stereocenters. The molecule has 0 amide bonds. The van der Waals surface area contributed by atoms with E-state index in [4.69, 9.17) is 23.2 Å². The van der Waals surface area contributed by atoms with E-state index in [0.717, 1.165) is 28.6 Å². The summed E-state index contributed by atoms with van der Waals surface area (Å²) in [5.74, 6) is 0.659. The maximum Gasteiger partial charge on any atom is 0.0468 e. The van der Waals surface area contributed by atoms with E-state index in [1.807, 2.05) is 18.2 Å². The highest BCUT2D eigenvalue weighted by Crippen LogP contribution is 2.34. The van der Waals surface area contributed by atoms with E-state index in [0.29, 0.717) is 5.92 Å². The van der Waals surface area contributed by atoms with Gasteiger partial charge in [-0.05, 0) is 31.0 Å². The normalized spacial score (nSPS) is 14.6. The summed E-state index contributed by atoms with van der Waals surface area (Å²) in [6.07, 6.45) is 2.23. The summed E-state index contributed by atoms with van der Waals surface area (Å²) >= 11 is 12.5. The van der Waals surface area contributed by atoms with Crippen molar-refractivity contribution < 1.29 is 0 Å². The number of nitrogens with one attached hydrogen (secondary N) is 1. The van der Waals surface area contributed by atoms with Gasteiger partial charge >= 0.3 is 0 Å². The van der Waals surface area contributed by atoms with E-state index in [1.54, 1.807) is 0 Å². The lowest BCUT2D eigenvalue weighted by molar-refractivity contribution is 0.408. The smallest absolute Gasteiger partial charge is 0.0468 e. The van der Waals surface area contributed by atoms with E-state index < -0.39 is 0 Å². The zero-order valence-corrected chi connectivity index (χ0v) is 12.3. The van der Waals surface area contributed by atoms with Crippen LogP contribution < -0.4 is 5.32 Å². The largest absolute Gasteiger partial charge is 0.310 e. The van der Waals surface area contributed by atoms with E-state index >= 15 is 0 Å². The fourth-order valence-corrected chi connectivity index (χ4v) is 2.62. The third kappa shape index (κ3) is 4.17. The van der Waals surface area contributed by atoms with Crippen LogP contribution in [0.25, 0.3) is 0 Å². The van der Waals surface area contributed by atoms with Crippen LogP contribution in [0, 0.1) is 5.92 Å². The predicted octanol–water partition coefficient (Wildman–Crippen LogP) is 5.08. The number of benzene rings is 1. The van der Waals surface area contributed by atoms with E-state index in [2.05, 4.69) is 26.1 Å². The van der Waals surface area contributed by atoms with Crippen LogP contribution in [0.5, 0.6) is 0 Å². The molecule has 0 saturated heterocycles. The monoisotopic (exact) mass is 273 g/mol. The van der Waals surface area contributed by atoms with Crippen molar-refractivity contribution in [1.29, 1.82) is 0 Å². The Labute approximate surface area is 115 Å². The lowest BCUT2D eigenvalue weighted by Gasteiger charge is -2.23. The first-order chi connectivity index (χ1) is 8.10. The maximum atomic E-state index is 6.26. The zero-order valence-electron chi connectivity index (χ0n) is 10.8. The second-order valence-corrected chi connectivity index (χ2v) is 5.31. The quantitative estimate of drug-likeness (QED) is 0.762. The first-order valence-electron chi connectivity index (χ1n) is 6.27. The number of rotatable bonds is 6. The second-order valence-electron chi connectivity index (χ2n) is 4.49. The third-order valence-electron chi connectivity index (χ3n) is 3.13. The minimum atomic E-state index is 0.246.